The molecule has 78 valence electrons. The predicted molar refractivity (Wildman–Crippen MR) is 59.9 cm³/mol. The summed E-state index contributed by atoms with van der Waals surface area (Å²) in [4.78, 5) is 4.42. The molecule has 0 saturated carbocycles. The van der Waals surface area contributed by atoms with Gasteiger partial charge < -0.3 is 4.55 Å². The van der Waals surface area contributed by atoms with Gasteiger partial charge in [0.1, 0.15) is 0 Å². The molecule has 1 aromatic heterocycles. The molecule has 0 aliphatic heterocycles. The Hall–Kier alpha value is -1.39. The molecule has 0 aliphatic carbocycles. The molecule has 0 spiro atoms. The van der Waals surface area contributed by atoms with E-state index in [1.807, 2.05) is 37.3 Å². The number of hydrogen-bond donors (Lipinski definition) is 1. The highest BCUT2D eigenvalue weighted by Gasteiger charge is 2.01. The number of nitrogens with one attached hydrogen (secondary N) is 1. The average Bonchev–Trinajstić information content (AvgIpc) is 2.65. The summed E-state index contributed by atoms with van der Waals surface area (Å²) in [6.07, 6.45) is 0. The minimum atomic E-state index is -1.09. The topological polar surface area (TPSA) is 51.2 Å². The van der Waals surface area contributed by atoms with Gasteiger partial charge in [-0.25, -0.2) is 0 Å². The van der Waals surface area contributed by atoms with Crippen LogP contribution in [0.2, 0.25) is 0 Å². The van der Waals surface area contributed by atoms with Gasteiger partial charge in [0, 0.05) is 17.0 Å². The SMILES string of the molecule is C[C@H](N=c1cc[s+]([O-])[nH]1)c1ccccc1. The van der Waals surface area contributed by atoms with E-state index in [9.17, 15) is 4.55 Å². The van der Waals surface area contributed by atoms with Gasteiger partial charge in [-0.1, -0.05) is 30.3 Å². The van der Waals surface area contributed by atoms with Crippen molar-refractivity contribution < 1.29 is 4.55 Å². The van der Waals surface area contributed by atoms with Crippen LogP contribution in [0.4, 0.5) is 0 Å². The Morgan fingerprint density at radius 3 is 2.60 bits per heavy atom. The van der Waals surface area contributed by atoms with Crippen LogP contribution < -0.4 is 5.49 Å². The molecule has 0 bridgehead atoms. The van der Waals surface area contributed by atoms with Gasteiger partial charge in [-0.2, -0.15) is 4.37 Å². The molecular weight excluding hydrogens is 208 g/mol. The molecule has 4 heteroatoms. The minimum Gasteiger partial charge on any atom is -0.571 e. The van der Waals surface area contributed by atoms with Gasteiger partial charge >= 0.3 is 0 Å². The highest BCUT2D eigenvalue weighted by Crippen LogP contribution is 2.14. The molecule has 2 aromatic rings. The summed E-state index contributed by atoms with van der Waals surface area (Å²) in [6.45, 7) is 2.01. The standard InChI is InChI=1S/C11H12N2OS/c1-9(10-5-3-2-4-6-10)12-11-7-8-15(14)13-11/h2-9H,1H3,(H,12,13)/t9-,15?/m0/s1. The van der Waals surface area contributed by atoms with Gasteiger partial charge in [0.05, 0.1) is 6.04 Å². The fourth-order valence-electron chi connectivity index (χ4n) is 1.38. The van der Waals surface area contributed by atoms with E-state index in [1.165, 1.54) is 0 Å². The van der Waals surface area contributed by atoms with Crippen LogP contribution >= 0.6 is 10.9 Å². The zero-order valence-corrected chi connectivity index (χ0v) is 9.20. The highest BCUT2D eigenvalue weighted by molar-refractivity contribution is 7.17. The lowest BCUT2D eigenvalue weighted by atomic mass is 10.1. The van der Waals surface area contributed by atoms with Crippen LogP contribution in [0, 0.1) is 0 Å². The second-order valence-corrected chi connectivity index (χ2v) is 4.37. The lowest BCUT2D eigenvalue weighted by Gasteiger charge is -2.03. The lowest BCUT2D eigenvalue weighted by Crippen LogP contribution is -2.03. The van der Waals surface area contributed by atoms with Crippen LogP contribution in [0.1, 0.15) is 18.5 Å². The van der Waals surface area contributed by atoms with Crippen molar-refractivity contribution in [3.8, 4) is 0 Å². The first-order valence-corrected chi connectivity index (χ1v) is 5.95. The van der Waals surface area contributed by atoms with Gasteiger partial charge in [-0.15, -0.1) is 0 Å². The van der Waals surface area contributed by atoms with Crippen molar-refractivity contribution in [2.45, 2.75) is 13.0 Å². The van der Waals surface area contributed by atoms with Crippen molar-refractivity contribution in [1.29, 1.82) is 0 Å². The van der Waals surface area contributed by atoms with E-state index < -0.39 is 10.9 Å². The maximum atomic E-state index is 11.0. The van der Waals surface area contributed by atoms with Crippen molar-refractivity contribution >= 4 is 10.9 Å². The molecule has 1 heterocycles. The third kappa shape index (κ3) is 2.55. The summed E-state index contributed by atoms with van der Waals surface area (Å²) < 4.78 is 13.8. The third-order valence-corrected chi connectivity index (χ3v) is 2.96. The van der Waals surface area contributed by atoms with E-state index in [2.05, 4.69) is 9.37 Å². The number of rotatable bonds is 2. The third-order valence-electron chi connectivity index (χ3n) is 2.17. The van der Waals surface area contributed by atoms with Crippen molar-refractivity contribution in [2.75, 3.05) is 0 Å². The molecule has 2 atom stereocenters. The molecule has 0 fully saturated rings. The van der Waals surface area contributed by atoms with Crippen molar-refractivity contribution in [3.05, 3.63) is 52.8 Å². The van der Waals surface area contributed by atoms with Crippen LogP contribution in [0.3, 0.4) is 0 Å². The van der Waals surface area contributed by atoms with Gasteiger partial charge in [0.25, 0.3) is 0 Å². The summed E-state index contributed by atoms with van der Waals surface area (Å²) in [7, 11) is -1.09. The molecule has 0 saturated heterocycles. The van der Waals surface area contributed by atoms with E-state index in [0.717, 1.165) is 5.56 Å². The Morgan fingerprint density at radius 2 is 2.00 bits per heavy atom. The van der Waals surface area contributed by atoms with E-state index in [0.29, 0.717) is 5.49 Å². The maximum Gasteiger partial charge on any atom is 0.175 e. The summed E-state index contributed by atoms with van der Waals surface area (Å²) in [5, 5.41) is 1.59. The zero-order chi connectivity index (χ0) is 10.7. The highest BCUT2D eigenvalue weighted by atomic mass is 32.2. The summed E-state index contributed by atoms with van der Waals surface area (Å²) in [5.41, 5.74) is 1.84. The molecule has 3 nitrogen and oxygen atoms in total. The van der Waals surface area contributed by atoms with Crippen LogP contribution in [0.5, 0.6) is 0 Å². The summed E-state index contributed by atoms with van der Waals surface area (Å²) >= 11 is 0. The molecule has 2 rings (SSSR count). The maximum absolute atomic E-state index is 11.0. The molecule has 0 radical (unpaired) electrons. The molecule has 15 heavy (non-hydrogen) atoms. The van der Waals surface area contributed by atoms with Gasteiger partial charge in [0.2, 0.25) is 0 Å². The molecule has 0 amide bonds. The van der Waals surface area contributed by atoms with Crippen molar-refractivity contribution in [2.24, 2.45) is 4.99 Å². The Balaban J connectivity index is 2.27. The fourth-order valence-corrected chi connectivity index (χ4v) is 2.03. The van der Waals surface area contributed by atoms with E-state index in [4.69, 9.17) is 0 Å². The first kappa shape index (κ1) is 10.1. The normalized spacial score (nSPS) is 15.3. The lowest BCUT2D eigenvalue weighted by molar-refractivity contribution is 0.590. The Labute approximate surface area is 91.1 Å². The molecule has 1 aromatic carbocycles. The number of aromatic nitrogens is 1. The van der Waals surface area contributed by atoms with Gasteiger partial charge in [0.15, 0.2) is 10.9 Å². The monoisotopic (exact) mass is 220 g/mol. The number of aromatic amines is 1. The Bertz CT molecular complexity index is 487. The number of hydrogen-bond acceptors (Lipinski definition) is 2. The smallest absolute Gasteiger partial charge is 0.175 e. The predicted octanol–water partition coefficient (Wildman–Crippen LogP) is 2.40. The van der Waals surface area contributed by atoms with Crippen molar-refractivity contribution in [1.82, 2.24) is 4.37 Å². The molecular formula is C11H12N2OS. The molecule has 1 N–H and O–H groups in total. The summed E-state index contributed by atoms with van der Waals surface area (Å²) in [6, 6.07) is 11.8. The molecule has 1 unspecified atom stereocenters. The van der Waals surface area contributed by atoms with Crippen LogP contribution in [-0.2, 0) is 0 Å². The zero-order valence-electron chi connectivity index (χ0n) is 8.38. The molecule has 0 aliphatic rings. The van der Waals surface area contributed by atoms with Crippen LogP contribution in [0.25, 0.3) is 0 Å². The van der Waals surface area contributed by atoms with Crippen molar-refractivity contribution in [3.63, 3.8) is 0 Å². The Morgan fingerprint density at radius 1 is 1.27 bits per heavy atom. The number of H-pyrrole nitrogens is 1. The second-order valence-electron chi connectivity index (χ2n) is 3.30. The summed E-state index contributed by atoms with van der Waals surface area (Å²) in [5.74, 6) is 0. The number of benzene rings is 1. The average molecular weight is 220 g/mol. The van der Waals surface area contributed by atoms with Crippen LogP contribution in [0.15, 0.2) is 46.8 Å². The first-order chi connectivity index (χ1) is 7.25. The first-order valence-electron chi connectivity index (χ1n) is 4.74. The van der Waals surface area contributed by atoms with E-state index >= 15 is 0 Å². The van der Waals surface area contributed by atoms with Crippen LogP contribution in [-0.4, -0.2) is 8.93 Å². The van der Waals surface area contributed by atoms with Gasteiger partial charge in [-0.05, 0) is 12.5 Å². The second kappa shape index (κ2) is 4.42. The van der Waals surface area contributed by atoms with E-state index in [1.54, 1.807) is 11.4 Å². The fraction of sp³-hybridized carbons (Fsp3) is 0.182. The quantitative estimate of drug-likeness (QED) is 0.776. The largest absolute Gasteiger partial charge is 0.571 e. The van der Waals surface area contributed by atoms with Gasteiger partial charge in [-0.3, -0.25) is 4.99 Å². The Kier molecular flexibility index (Phi) is 2.99. The minimum absolute atomic E-state index is 0.0773. The van der Waals surface area contributed by atoms with E-state index in [-0.39, 0.29) is 6.04 Å². The number of nitrogens with zero attached hydrogens (tertiary/aromatic N) is 1.